The van der Waals surface area contributed by atoms with E-state index in [1.807, 2.05) is 55.8 Å². The van der Waals surface area contributed by atoms with Crippen molar-refractivity contribution >= 4 is 31.0 Å². The molecule has 0 saturated carbocycles. The van der Waals surface area contributed by atoms with Crippen molar-refractivity contribution in [2.45, 2.75) is 102 Å². The normalized spacial score (nSPS) is 25.8. The molecular weight excluding hydrogens is 532 g/mol. The minimum Gasteiger partial charge on any atom is -0.416 e. The zero-order valence-electron chi connectivity index (χ0n) is 24.2. The Labute approximate surface area is 237 Å². The van der Waals surface area contributed by atoms with Crippen molar-refractivity contribution in [3.05, 3.63) is 58.6 Å². The molecule has 2 fully saturated rings. The van der Waals surface area contributed by atoms with Crippen LogP contribution >= 0.6 is 11.6 Å². The van der Waals surface area contributed by atoms with Crippen molar-refractivity contribution < 1.29 is 18.6 Å². The van der Waals surface area contributed by atoms with E-state index < -0.39 is 32.5 Å². The summed E-state index contributed by atoms with van der Waals surface area (Å²) in [5.74, 6) is -0.761. The van der Waals surface area contributed by atoms with Crippen LogP contribution in [0.4, 0.5) is 0 Å². The molecule has 2 saturated heterocycles. The minimum atomic E-state index is -1.88. The molecule has 0 spiro atoms. The van der Waals surface area contributed by atoms with Crippen LogP contribution in [0.3, 0.4) is 0 Å². The summed E-state index contributed by atoms with van der Waals surface area (Å²) in [5.41, 5.74) is 10.8. The van der Waals surface area contributed by atoms with E-state index >= 15 is 0 Å². The number of fused-ring (bicyclic) bond motifs is 2. The van der Waals surface area contributed by atoms with Gasteiger partial charge in [-0.15, -0.1) is 0 Å². The van der Waals surface area contributed by atoms with E-state index in [1.54, 1.807) is 6.33 Å². The lowest BCUT2D eigenvalue weighted by Gasteiger charge is -2.36. The van der Waals surface area contributed by atoms with Gasteiger partial charge in [-0.05, 0) is 74.7 Å². The third kappa shape index (κ3) is 5.42. The van der Waals surface area contributed by atoms with E-state index in [4.69, 9.17) is 36.0 Å². The number of hydrogen-bond acceptors (Lipinski definition) is 7. The predicted octanol–water partition coefficient (Wildman–Crippen LogP) is 6.07. The second-order valence-corrected chi connectivity index (χ2v) is 17.9. The fraction of sp³-hybridized carbons (Fsp3) is 0.586. The summed E-state index contributed by atoms with van der Waals surface area (Å²) in [6.45, 7) is 17.7. The maximum atomic E-state index is 7.00. The Bertz CT molecular complexity index is 1350. The van der Waals surface area contributed by atoms with Crippen LogP contribution in [-0.2, 0) is 25.1 Å². The molecule has 5 rings (SSSR count). The number of nitrogens with zero attached hydrogens (tertiary/aromatic N) is 3. The molecule has 212 valence electrons. The lowest BCUT2D eigenvalue weighted by atomic mass is 9.92. The summed E-state index contributed by atoms with van der Waals surface area (Å²) in [7, 11) is -1.88. The summed E-state index contributed by atoms with van der Waals surface area (Å²) < 4.78 is 28.0. The van der Waals surface area contributed by atoms with Crippen LogP contribution in [0, 0.1) is 6.92 Å². The number of aromatic nitrogens is 3. The largest absolute Gasteiger partial charge is 0.416 e. The van der Waals surface area contributed by atoms with Gasteiger partial charge in [0, 0.05) is 23.2 Å². The van der Waals surface area contributed by atoms with Crippen molar-refractivity contribution in [2.75, 3.05) is 6.61 Å². The SMILES string of the molecule is Cc1ncnc2c1ccn2[C@@H]1O[C@H](C(N)c2ccc(Cl)cc2CCO[Si](C)(C)C(C)(C)C)[C@H]2OC(C)(C)O[C@H]21. The first kappa shape index (κ1) is 28.7. The quantitative estimate of drug-likeness (QED) is 0.343. The number of hydrogen-bond donors (Lipinski definition) is 1. The van der Waals surface area contributed by atoms with E-state index in [9.17, 15) is 0 Å². The van der Waals surface area contributed by atoms with Crippen LogP contribution in [0.15, 0.2) is 36.8 Å². The molecule has 8 nitrogen and oxygen atoms in total. The fourth-order valence-electron chi connectivity index (χ4n) is 5.35. The molecule has 1 aromatic carbocycles. The Morgan fingerprint density at radius 2 is 1.87 bits per heavy atom. The third-order valence-electron chi connectivity index (χ3n) is 8.51. The lowest BCUT2D eigenvalue weighted by Crippen LogP contribution is -2.41. The first-order valence-corrected chi connectivity index (χ1v) is 16.9. The molecule has 3 aromatic rings. The summed E-state index contributed by atoms with van der Waals surface area (Å²) in [5, 5.41) is 1.79. The molecule has 2 aromatic heterocycles. The van der Waals surface area contributed by atoms with E-state index in [0.717, 1.165) is 27.9 Å². The van der Waals surface area contributed by atoms with Gasteiger partial charge in [0.1, 0.15) is 30.3 Å². The van der Waals surface area contributed by atoms with Crippen LogP contribution < -0.4 is 5.73 Å². The van der Waals surface area contributed by atoms with Crippen LogP contribution in [-0.4, -0.2) is 53.6 Å². The van der Waals surface area contributed by atoms with Gasteiger partial charge in [-0.25, -0.2) is 9.97 Å². The van der Waals surface area contributed by atoms with Gasteiger partial charge >= 0.3 is 0 Å². The zero-order valence-corrected chi connectivity index (χ0v) is 26.0. The number of benzene rings is 1. The predicted molar refractivity (Wildman–Crippen MR) is 155 cm³/mol. The van der Waals surface area contributed by atoms with Crippen molar-refractivity contribution in [1.82, 2.24) is 14.5 Å². The van der Waals surface area contributed by atoms with Gasteiger partial charge in [0.2, 0.25) is 0 Å². The van der Waals surface area contributed by atoms with Gasteiger partial charge in [-0.2, -0.15) is 0 Å². The van der Waals surface area contributed by atoms with Crippen molar-refractivity contribution in [2.24, 2.45) is 5.73 Å². The van der Waals surface area contributed by atoms with Crippen LogP contribution in [0.5, 0.6) is 0 Å². The molecule has 2 N–H and O–H groups in total. The number of rotatable bonds is 7. The molecule has 39 heavy (non-hydrogen) atoms. The average molecular weight is 573 g/mol. The Balaban J connectivity index is 1.43. The van der Waals surface area contributed by atoms with E-state index in [1.165, 1.54) is 0 Å². The zero-order chi connectivity index (χ0) is 28.3. The van der Waals surface area contributed by atoms with Crippen LogP contribution in [0.2, 0.25) is 23.2 Å². The maximum absolute atomic E-state index is 7.00. The summed E-state index contributed by atoms with van der Waals surface area (Å²) in [4.78, 5) is 8.87. The van der Waals surface area contributed by atoms with Gasteiger partial charge < -0.3 is 28.9 Å². The summed E-state index contributed by atoms with van der Waals surface area (Å²) in [6, 6.07) is 7.43. The second-order valence-electron chi connectivity index (χ2n) is 12.7. The maximum Gasteiger partial charge on any atom is 0.191 e. The molecular formula is C29H41ClN4O4Si. The average Bonchev–Trinajstić information content (AvgIpc) is 3.49. The van der Waals surface area contributed by atoms with Gasteiger partial charge in [0.25, 0.3) is 0 Å². The van der Waals surface area contributed by atoms with Gasteiger partial charge in [-0.1, -0.05) is 38.4 Å². The molecule has 0 aliphatic carbocycles. The molecule has 2 aliphatic heterocycles. The number of ether oxygens (including phenoxy) is 3. The topological polar surface area (TPSA) is 93.7 Å². The smallest absolute Gasteiger partial charge is 0.191 e. The molecule has 0 bridgehead atoms. The molecule has 1 unspecified atom stereocenters. The molecule has 4 heterocycles. The first-order valence-electron chi connectivity index (χ1n) is 13.7. The highest BCUT2D eigenvalue weighted by Crippen LogP contribution is 2.47. The standard InChI is InChI=1S/C29H41ClN4O4Si/c1-17-20-11-13-34(26(20)33-16-32-17)27-25-24(37-29(5,6)38-25)23(36-27)22(31)21-10-9-19(30)15-18(21)12-14-35-39(7,8)28(2,3)4/h9-11,13,15-16,22-25,27H,12,14,31H2,1-8H3/t22?,23-,24-,25-,27-/m1/s1. The molecule has 2 aliphatic rings. The highest BCUT2D eigenvalue weighted by atomic mass is 35.5. The van der Waals surface area contributed by atoms with E-state index in [0.29, 0.717) is 18.1 Å². The molecule has 10 heteroatoms. The van der Waals surface area contributed by atoms with E-state index in [2.05, 4.69) is 43.8 Å². The summed E-state index contributed by atoms with van der Waals surface area (Å²) >= 11 is 6.44. The fourth-order valence-corrected chi connectivity index (χ4v) is 6.59. The van der Waals surface area contributed by atoms with Gasteiger partial charge in [0.15, 0.2) is 20.3 Å². The Kier molecular flexibility index (Phi) is 7.50. The van der Waals surface area contributed by atoms with Crippen LogP contribution in [0.25, 0.3) is 11.0 Å². The Morgan fingerprint density at radius 3 is 2.59 bits per heavy atom. The van der Waals surface area contributed by atoms with Crippen molar-refractivity contribution in [1.29, 1.82) is 0 Å². The highest BCUT2D eigenvalue weighted by molar-refractivity contribution is 6.74. The Morgan fingerprint density at radius 1 is 1.15 bits per heavy atom. The highest BCUT2D eigenvalue weighted by Gasteiger charge is 2.57. The number of nitrogens with two attached hydrogens (primary N) is 1. The van der Waals surface area contributed by atoms with Gasteiger partial charge in [0.05, 0.1) is 11.7 Å². The lowest BCUT2D eigenvalue weighted by molar-refractivity contribution is -0.198. The third-order valence-corrected chi connectivity index (χ3v) is 13.3. The Hall–Kier alpha value is -1.85. The molecule has 5 atom stereocenters. The number of aryl methyl sites for hydroxylation is 1. The van der Waals surface area contributed by atoms with E-state index in [-0.39, 0.29) is 17.2 Å². The monoisotopic (exact) mass is 572 g/mol. The van der Waals surface area contributed by atoms with Gasteiger partial charge in [-0.3, -0.25) is 0 Å². The van der Waals surface area contributed by atoms with Crippen LogP contribution in [0.1, 0.15) is 63.7 Å². The number of halogens is 1. The molecule has 0 radical (unpaired) electrons. The first-order chi connectivity index (χ1) is 18.2. The minimum absolute atomic E-state index is 0.140. The van der Waals surface area contributed by atoms with Crippen molar-refractivity contribution in [3.63, 3.8) is 0 Å². The molecule has 0 amide bonds. The second kappa shape index (κ2) is 10.2. The summed E-state index contributed by atoms with van der Waals surface area (Å²) in [6.07, 6.45) is 2.67. The van der Waals surface area contributed by atoms with Crippen molar-refractivity contribution in [3.8, 4) is 0 Å².